The van der Waals surface area contributed by atoms with Gasteiger partial charge in [-0.3, -0.25) is 0 Å². The first kappa shape index (κ1) is 16.6. The van der Waals surface area contributed by atoms with E-state index in [4.69, 9.17) is 0 Å². The minimum atomic E-state index is 0.739. The SMILES string of the molecule is ON=C(CCc1ccccc1)c1ccc2c(c1)CCN(C1=CC=C1)CC2. The number of hydrogen-bond acceptors (Lipinski definition) is 3. The van der Waals surface area contributed by atoms with Crippen LogP contribution >= 0.6 is 0 Å². The van der Waals surface area contributed by atoms with Gasteiger partial charge in [0.25, 0.3) is 0 Å². The number of fused-ring (bicyclic) bond motifs is 1. The summed E-state index contributed by atoms with van der Waals surface area (Å²) in [5, 5.41) is 13.1. The number of aryl methyl sites for hydroxylation is 1. The molecule has 2 aliphatic rings. The number of benzene rings is 2. The van der Waals surface area contributed by atoms with Gasteiger partial charge in [0.05, 0.1) is 5.71 Å². The van der Waals surface area contributed by atoms with Gasteiger partial charge in [0.15, 0.2) is 0 Å². The summed E-state index contributed by atoms with van der Waals surface area (Å²) in [7, 11) is 0. The van der Waals surface area contributed by atoms with Crippen LogP contribution in [0.2, 0.25) is 0 Å². The maximum atomic E-state index is 9.54. The lowest BCUT2D eigenvalue weighted by molar-refractivity contribution is 0.318. The van der Waals surface area contributed by atoms with Gasteiger partial charge in [-0.1, -0.05) is 53.7 Å². The molecule has 0 amide bonds. The molecule has 3 nitrogen and oxygen atoms in total. The van der Waals surface area contributed by atoms with Crippen molar-refractivity contribution in [2.75, 3.05) is 13.1 Å². The van der Waals surface area contributed by atoms with Gasteiger partial charge in [-0.2, -0.15) is 0 Å². The van der Waals surface area contributed by atoms with E-state index >= 15 is 0 Å². The van der Waals surface area contributed by atoms with E-state index in [-0.39, 0.29) is 0 Å². The molecule has 2 aromatic carbocycles. The van der Waals surface area contributed by atoms with Crippen molar-refractivity contribution in [1.82, 2.24) is 4.90 Å². The second kappa shape index (κ2) is 7.61. The van der Waals surface area contributed by atoms with Crippen LogP contribution in [-0.2, 0) is 19.3 Å². The van der Waals surface area contributed by atoms with Gasteiger partial charge >= 0.3 is 0 Å². The standard InChI is InChI=1S/C23H24N2O/c26-24-23(12-9-18-5-2-1-3-6-18)21-11-10-19-13-15-25(22-7-4-8-22)16-14-20(19)17-21/h1-8,10-11,17,26H,9,12-16H2. The highest BCUT2D eigenvalue weighted by Crippen LogP contribution is 2.23. The third-order valence-corrected chi connectivity index (χ3v) is 5.35. The number of allylic oxidation sites excluding steroid dienone is 3. The van der Waals surface area contributed by atoms with Crippen LogP contribution in [0.3, 0.4) is 0 Å². The van der Waals surface area contributed by atoms with Crippen LogP contribution in [0.4, 0.5) is 0 Å². The van der Waals surface area contributed by atoms with Crippen molar-refractivity contribution in [3.05, 3.63) is 94.7 Å². The lowest BCUT2D eigenvalue weighted by atomic mass is 9.96. The Hall–Kier alpha value is -2.81. The van der Waals surface area contributed by atoms with Gasteiger partial charge < -0.3 is 10.1 Å². The third-order valence-electron chi connectivity index (χ3n) is 5.35. The van der Waals surface area contributed by atoms with E-state index in [1.165, 1.54) is 22.4 Å². The van der Waals surface area contributed by atoms with Gasteiger partial charge in [-0.15, -0.1) is 0 Å². The summed E-state index contributed by atoms with van der Waals surface area (Å²) in [6.07, 6.45) is 10.2. The van der Waals surface area contributed by atoms with Crippen molar-refractivity contribution < 1.29 is 5.21 Å². The fourth-order valence-corrected chi connectivity index (χ4v) is 3.72. The van der Waals surface area contributed by atoms with E-state index in [2.05, 4.69) is 58.6 Å². The molecule has 1 N–H and O–H groups in total. The van der Waals surface area contributed by atoms with Gasteiger partial charge in [0.2, 0.25) is 0 Å². The average Bonchev–Trinajstić information content (AvgIpc) is 2.84. The van der Waals surface area contributed by atoms with E-state index < -0.39 is 0 Å². The zero-order valence-electron chi connectivity index (χ0n) is 14.9. The molecule has 2 aromatic rings. The Morgan fingerprint density at radius 2 is 1.77 bits per heavy atom. The van der Waals surface area contributed by atoms with Gasteiger partial charge in [-0.05, 0) is 66.2 Å². The summed E-state index contributed by atoms with van der Waals surface area (Å²) >= 11 is 0. The number of oxime groups is 1. The molecule has 0 atom stereocenters. The van der Waals surface area contributed by atoms with Crippen LogP contribution in [0, 0.1) is 0 Å². The molecule has 0 saturated heterocycles. The lowest BCUT2D eigenvalue weighted by Gasteiger charge is -2.26. The predicted octanol–water partition coefficient (Wildman–Crippen LogP) is 4.35. The zero-order chi connectivity index (χ0) is 17.8. The van der Waals surface area contributed by atoms with Crippen LogP contribution in [0.1, 0.15) is 28.7 Å². The largest absolute Gasteiger partial charge is 0.411 e. The molecule has 0 bridgehead atoms. The summed E-state index contributed by atoms with van der Waals surface area (Å²) in [4.78, 5) is 2.45. The molecule has 1 heterocycles. The van der Waals surface area contributed by atoms with E-state index in [9.17, 15) is 5.21 Å². The molecule has 0 spiro atoms. The Kier molecular flexibility index (Phi) is 4.87. The summed E-state index contributed by atoms with van der Waals surface area (Å²) in [5.74, 6) is 0. The van der Waals surface area contributed by atoms with Crippen molar-refractivity contribution >= 4 is 5.71 Å². The molecule has 132 valence electrons. The van der Waals surface area contributed by atoms with Crippen molar-refractivity contribution in [3.8, 4) is 0 Å². The van der Waals surface area contributed by atoms with Crippen LogP contribution < -0.4 is 0 Å². The topological polar surface area (TPSA) is 35.8 Å². The fraction of sp³-hybridized carbons (Fsp3) is 0.261. The molecule has 0 fully saturated rings. The third kappa shape index (κ3) is 3.57. The first-order chi connectivity index (χ1) is 12.8. The molecule has 4 rings (SSSR count). The van der Waals surface area contributed by atoms with E-state index in [1.807, 2.05) is 18.2 Å². The van der Waals surface area contributed by atoms with E-state index in [0.29, 0.717) is 0 Å². The second-order valence-electron chi connectivity index (χ2n) is 6.95. The lowest BCUT2D eigenvalue weighted by Crippen LogP contribution is -2.26. The van der Waals surface area contributed by atoms with Crippen LogP contribution in [0.25, 0.3) is 0 Å². The number of nitrogens with zero attached hydrogens (tertiary/aromatic N) is 2. The molecular formula is C23H24N2O. The van der Waals surface area contributed by atoms with Gasteiger partial charge in [-0.25, -0.2) is 0 Å². The summed E-state index contributed by atoms with van der Waals surface area (Å²) in [5.41, 5.74) is 7.22. The molecule has 0 unspecified atom stereocenters. The Balaban J connectivity index is 1.47. The van der Waals surface area contributed by atoms with Crippen molar-refractivity contribution in [3.63, 3.8) is 0 Å². The molecular weight excluding hydrogens is 320 g/mol. The fourth-order valence-electron chi connectivity index (χ4n) is 3.72. The minimum Gasteiger partial charge on any atom is -0.411 e. The maximum Gasteiger partial charge on any atom is 0.0871 e. The normalized spacial score (nSPS) is 16.5. The Labute approximate surface area is 155 Å². The Morgan fingerprint density at radius 1 is 1.00 bits per heavy atom. The smallest absolute Gasteiger partial charge is 0.0871 e. The summed E-state index contributed by atoms with van der Waals surface area (Å²) < 4.78 is 0. The molecule has 26 heavy (non-hydrogen) atoms. The Morgan fingerprint density at radius 3 is 2.46 bits per heavy atom. The molecule has 0 radical (unpaired) electrons. The highest BCUT2D eigenvalue weighted by Gasteiger charge is 2.17. The van der Waals surface area contributed by atoms with Gasteiger partial charge in [0.1, 0.15) is 0 Å². The Bertz CT molecular complexity index is 865. The van der Waals surface area contributed by atoms with Crippen LogP contribution in [0.15, 0.2) is 77.6 Å². The quantitative estimate of drug-likeness (QED) is 0.497. The first-order valence-electron chi connectivity index (χ1n) is 9.34. The zero-order valence-corrected chi connectivity index (χ0v) is 14.9. The maximum absolute atomic E-state index is 9.54. The minimum absolute atomic E-state index is 0.739. The van der Waals surface area contributed by atoms with Crippen LogP contribution in [-0.4, -0.2) is 28.9 Å². The van der Waals surface area contributed by atoms with Crippen molar-refractivity contribution in [1.29, 1.82) is 0 Å². The average molecular weight is 344 g/mol. The van der Waals surface area contributed by atoms with Crippen LogP contribution in [0.5, 0.6) is 0 Å². The molecule has 0 saturated carbocycles. The molecule has 0 aromatic heterocycles. The molecule has 1 aliphatic carbocycles. The van der Waals surface area contributed by atoms with E-state index in [1.54, 1.807) is 0 Å². The predicted molar refractivity (Wildman–Crippen MR) is 106 cm³/mol. The van der Waals surface area contributed by atoms with Crippen molar-refractivity contribution in [2.24, 2.45) is 5.16 Å². The highest BCUT2D eigenvalue weighted by atomic mass is 16.4. The number of hydrogen-bond donors (Lipinski definition) is 1. The van der Waals surface area contributed by atoms with E-state index in [0.717, 1.165) is 50.0 Å². The highest BCUT2D eigenvalue weighted by molar-refractivity contribution is 6.00. The summed E-state index contributed by atoms with van der Waals surface area (Å²) in [6, 6.07) is 16.9. The van der Waals surface area contributed by atoms with Gasteiger partial charge in [0, 0.05) is 18.8 Å². The molecule has 3 heteroatoms. The second-order valence-corrected chi connectivity index (χ2v) is 6.95. The summed E-state index contributed by atoms with van der Waals surface area (Å²) in [6.45, 7) is 2.11. The molecule has 1 aliphatic heterocycles. The first-order valence-corrected chi connectivity index (χ1v) is 9.34. The van der Waals surface area contributed by atoms with Crippen molar-refractivity contribution in [2.45, 2.75) is 25.7 Å². The number of rotatable bonds is 5. The monoisotopic (exact) mass is 344 g/mol.